The lowest BCUT2D eigenvalue weighted by Crippen LogP contribution is -2.43. The van der Waals surface area contributed by atoms with Crippen molar-refractivity contribution in [2.24, 2.45) is 11.8 Å². The van der Waals surface area contributed by atoms with Crippen LogP contribution in [0.5, 0.6) is 0 Å². The third-order valence-electron chi connectivity index (χ3n) is 3.14. The van der Waals surface area contributed by atoms with E-state index < -0.39 is 12.0 Å². The molecule has 0 bridgehead atoms. The normalized spacial score (nSPS) is 23.4. The molecule has 6 heteroatoms. The Labute approximate surface area is 118 Å². The Morgan fingerprint density at radius 2 is 2.33 bits per heavy atom. The third kappa shape index (κ3) is 3.11. The number of carboxylic acids is 1. The molecule has 1 aliphatic rings. The predicted molar refractivity (Wildman–Crippen MR) is 72.6 cm³/mol. The summed E-state index contributed by atoms with van der Waals surface area (Å²) in [4.78, 5) is 23.9. The van der Waals surface area contributed by atoms with E-state index in [9.17, 15) is 9.59 Å². The molecular formula is C12H14BrNO3S. The molecule has 0 saturated heterocycles. The molecule has 1 fully saturated rings. The van der Waals surface area contributed by atoms with Crippen molar-refractivity contribution < 1.29 is 14.7 Å². The lowest BCUT2D eigenvalue weighted by atomic mass is 10.1. The molecule has 1 heterocycles. The number of aliphatic carboxylic acids is 1. The van der Waals surface area contributed by atoms with Gasteiger partial charge in [-0.25, -0.2) is 4.79 Å². The van der Waals surface area contributed by atoms with Gasteiger partial charge in [-0.05, 0) is 39.7 Å². The van der Waals surface area contributed by atoms with Crippen molar-refractivity contribution >= 4 is 39.1 Å². The van der Waals surface area contributed by atoms with Crippen LogP contribution in [0.3, 0.4) is 0 Å². The van der Waals surface area contributed by atoms with E-state index in [4.69, 9.17) is 5.11 Å². The standard InChI is InChI=1S/C12H14BrNO3S/c1-6-4-7(6)11(15)14-9(12(16)17)5-10-8(13)2-3-18-10/h2-3,6-7,9H,4-5H2,1H3,(H,14,15)(H,16,17)/t6-,7-,9-/m0/s1. The van der Waals surface area contributed by atoms with Gasteiger partial charge in [0.05, 0.1) is 0 Å². The fourth-order valence-electron chi connectivity index (χ4n) is 1.82. The molecule has 0 radical (unpaired) electrons. The molecule has 0 spiro atoms. The van der Waals surface area contributed by atoms with Crippen molar-refractivity contribution in [3.8, 4) is 0 Å². The highest BCUT2D eigenvalue weighted by atomic mass is 79.9. The summed E-state index contributed by atoms with van der Waals surface area (Å²) in [6.07, 6.45) is 1.18. The maximum Gasteiger partial charge on any atom is 0.326 e. The number of hydrogen-bond donors (Lipinski definition) is 2. The van der Waals surface area contributed by atoms with Gasteiger partial charge >= 0.3 is 5.97 Å². The van der Waals surface area contributed by atoms with Crippen LogP contribution in [0.2, 0.25) is 0 Å². The SMILES string of the molecule is C[C@H]1C[C@@H]1C(=O)N[C@@H](Cc1sccc1Br)C(=O)O. The average Bonchev–Trinajstić information content (AvgIpc) is 2.90. The quantitative estimate of drug-likeness (QED) is 0.869. The zero-order chi connectivity index (χ0) is 13.3. The van der Waals surface area contributed by atoms with E-state index in [1.165, 1.54) is 11.3 Å². The fourth-order valence-corrected chi connectivity index (χ4v) is 3.38. The Kier molecular flexibility index (Phi) is 4.07. The van der Waals surface area contributed by atoms with Gasteiger partial charge in [-0.1, -0.05) is 6.92 Å². The van der Waals surface area contributed by atoms with E-state index in [0.29, 0.717) is 12.3 Å². The smallest absolute Gasteiger partial charge is 0.326 e. The van der Waals surface area contributed by atoms with Crippen LogP contribution < -0.4 is 5.32 Å². The number of carboxylic acid groups (broad SMARTS) is 1. The van der Waals surface area contributed by atoms with Crippen LogP contribution >= 0.6 is 27.3 Å². The highest BCUT2D eigenvalue weighted by molar-refractivity contribution is 9.10. The summed E-state index contributed by atoms with van der Waals surface area (Å²) in [5.74, 6) is -0.744. The van der Waals surface area contributed by atoms with Crippen molar-refractivity contribution in [2.45, 2.75) is 25.8 Å². The minimum Gasteiger partial charge on any atom is -0.480 e. The van der Waals surface area contributed by atoms with Crippen molar-refractivity contribution in [1.29, 1.82) is 0 Å². The lowest BCUT2D eigenvalue weighted by Gasteiger charge is -2.14. The molecule has 2 rings (SSSR count). The van der Waals surface area contributed by atoms with Gasteiger partial charge in [0, 0.05) is 21.7 Å². The Balaban J connectivity index is 1.98. The van der Waals surface area contributed by atoms with Gasteiger partial charge in [-0.15, -0.1) is 11.3 Å². The van der Waals surface area contributed by atoms with E-state index in [-0.39, 0.29) is 11.8 Å². The fraction of sp³-hybridized carbons (Fsp3) is 0.500. The van der Waals surface area contributed by atoms with Crippen LogP contribution in [0.25, 0.3) is 0 Å². The molecule has 1 aliphatic carbocycles. The molecule has 98 valence electrons. The predicted octanol–water partition coefficient (Wildman–Crippen LogP) is 2.28. The van der Waals surface area contributed by atoms with Crippen LogP contribution in [0, 0.1) is 11.8 Å². The number of amides is 1. The highest BCUT2D eigenvalue weighted by Crippen LogP contribution is 2.37. The van der Waals surface area contributed by atoms with Gasteiger partial charge in [0.2, 0.25) is 5.91 Å². The summed E-state index contributed by atoms with van der Waals surface area (Å²) in [7, 11) is 0. The molecule has 2 N–H and O–H groups in total. The first-order valence-electron chi connectivity index (χ1n) is 5.74. The van der Waals surface area contributed by atoms with Gasteiger partial charge in [0.1, 0.15) is 6.04 Å². The maximum atomic E-state index is 11.8. The summed E-state index contributed by atoms with van der Waals surface area (Å²) in [6.45, 7) is 2.00. The van der Waals surface area contributed by atoms with Crippen LogP contribution in [-0.2, 0) is 16.0 Å². The number of nitrogens with one attached hydrogen (secondary N) is 1. The monoisotopic (exact) mass is 331 g/mol. The molecule has 0 unspecified atom stereocenters. The number of thiophene rings is 1. The molecule has 0 aromatic carbocycles. The van der Waals surface area contributed by atoms with Gasteiger partial charge < -0.3 is 10.4 Å². The zero-order valence-electron chi connectivity index (χ0n) is 9.85. The topological polar surface area (TPSA) is 66.4 Å². The first-order valence-corrected chi connectivity index (χ1v) is 7.41. The largest absolute Gasteiger partial charge is 0.480 e. The molecule has 4 nitrogen and oxygen atoms in total. The lowest BCUT2D eigenvalue weighted by molar-refractivity contribution is -0.142. The summed E-state index contributed by atoms with van der Waals surface area (Å²) in [5, 5.41) is 13.7. The van der Waals surface area contributed by atoms with Gasteiger partial charge in [-0.3, -0.25) is 4.79 Å². The molecule has 3 atom stereocenters. The first-order chi connectivity index (χ1) is 8.49. The Hall–Kier alpha value is -0.880. The minimum absolute atomic E-state index is 0.00127. The van der Waals surface area contributed by atoms with Gasteiger partial charge in [-0.2, -0.15) is 0 Å². The highest BCUT2D eigenvalue weighted by Gasteiger charge is 2.40. The Morgan fingerprint density at radius 3 is 2.78 bits per heavy atom. The Bertz CT molecular complexity index is 474. The number of halogens is 1. The molecule has 18 heavy (non-hydrogen) atoms. The van der Waals surface area contributed by atoms with E-state index in [1.54, 1.807) is 0 Å². The van der Waals surface area contributed by atoms with E-state index >= 15 is 0 Å². The summed E-state index contributed by atoms with van der Waals surface area (Å²) in [6, 6.07) is 1.03. The molecule has 1 aromatic rings. The van der Waals surface area contributed by atoms with Crippen molar-refractivity contribution in [3.63, 3.8) is 0 Å². The Morgan fingerprint density at radius 1 is 1.67 bits per heavy atom. The van der Waals surface area contributed by atoms with Crippen LogP contribution in [-0.4, -0.2) is 23.0 Å². The number of carbonyl (C=O) groups excluding carboxylic acids is 1. The van der Waals surface area contributed by atoms with Crippen LogP contribution in [0.1, 0.15) is 18.2 Å². The third-order valence-corrected chi connectivity index (χ3v) is 5.09. The summed E-state index contributed by atoms with van der Waals surface area (Å²) >= 11 is 4.85. The van der Waals surface area contributed by atoms with Crippen LogP contribution in [0.15, 0.2) is 15.9 Å². The van der Waals surface area contributed by atoms with Gasteiger partial charge in [0.15, 0.2) is 0 Å². The van der Waals surface area contributed by atoms with E-state index in [2.05, 4.69) is 21.2 Å². The first kappa shape index (κ1) is 13.5. The molecule has 1 amide bonds. The van der Waals surface area contributed by atoms with E-state index in [1.807, 2.05) is 18.4 Å². The number of carbonyl (C=O) groups is 2. The molecule has 1 saturated carbocycles. The summed E-state index contributed by atoms with van der Waals surface area (Å²) in [5.41, 5.74) is 0. The van der Waals surface area contributed by atoms with Crippen molar-refractivity contribution in [1.82, 2.24) is 5.32 Å². The minimum atomic E-state index is -0.989. The number of rotatable bonds is 5. The molecule has 0 aliphatic heterocycles. The van der Waals surface area contributed by atoms with Crippen LogP contribution in [0.4, 0.5) is 0 Å². The molecular weight excluding hydrogens is 318 g/mol. The maximum absolute atomic E-state index is 11.8. The second-order valence-corrected chi connectivity index (χ2v) is 6.47. The number of hydrogen-bond acceptors (Lipinski definition) is 3. The summed E-state index contributed by atoms with van der Waals surface area (Å²) < 4.78 is 0.896. The van der Waals surface area contributed by atoms with E-state index in [0.717, 1.165) is 15.8 Å². The van der Waals surface area contributed by atoms with Crippen molar-refractivity contribution in [2.75, 3.05) is 0 Å². The second kappa shape index (κ2) is 5.40. The van der Waals surface area contributed by atoms with Crippen molar-refractivity contribution in [3.05, 3.63) is 20.8 Å². The molecule has 1 aromatic heterocycles. The average molecular weight is 332 g/mol. The van der Waals surface area contributed by atoms with Gasteiger partial charge in [0.25, 0.3) is 0 Å². The zero-order valence-corrected chi connectivity index (χ0v) is 12.3. The second-order valence-electron chi connectivity index (χ2n) is 4.61.